The van der Waals surface area contributed by atoms with Gasteiger partial charge in [-0.3, -0.25) is 0 Å². The summed E-state index contributed by atoms with van der Waals surface area (Å²) in [4.78, 5) is 2.15. The van der Waals surface area contributed by atoms with Crippen LogP contribution in [0.4, 0.5) is 13.2 Å². The van der Waals surface area contributed by atoms with Crippen LogP contribution in [0.1, 0.15) is 51.4 Å². The van der Waals surface area contributed by atoms with Gasteiger partial charge in [-0.2, -0.15) is 13.2 Å². The monoisotopic (exact) mass is 323 g/mol. The van der Waals surface area contributed by atoms with Crippen LogP contribution in [0.3, 0.4) is 0 Å². The molecule has 2 rings (SSSR count). The van der Waals surface area contributed by atoms with Gasteiger partial charge in [-0.1, -0.05) is 25.7 Å². The van der Waals surface area contributed by atoms with Crippen molar-refractivity contribution in [3.63, 3.8) is 0 Å². The lowest BCUT2D eigenvalue weighted by Gasteiger charge is -2.34. The summed E-state index contributed by atoms with van der Waals surface area (Å²) in [6, 6.07) is 0. The molecule has 0 aromatic rings. The van der Waals surface area contributed by atoms with Crippen molar-refractivity contribution < 1.29 is 23.0 Å². The third-order valence-electron chi connectivity index (χ3n) is 4.98. The van der Waals surface area contributed by atoms with Crippen molar-refractivity contribution in [2.45, 2.75) is 69.8 Å². The predicted octanol–water partition coefficient (Wildman–Crippen LogP) is 3.36. The molecule has 2 fully saturated rings. The maximum atomic E-state index is 12.5. The fourth-order valence-corrected chi connectivity index (χ4v) is 3.52. The van der Waals surface area contributed by atoms with E-state index in [4.69, 9.17) is 4.74 Å². The zero-order valence-corrected chi connectivity index (χ0v) is 13.2. The molecule has 6 heteroatoms. The zero-order valence-electron chi connectivity index (χ0n) is 13.2. The molecule has 2 aliphatic rings. The largest absolute Gasteiger partial charge is 0.414 e. The minimum atomic E-state index is -4.49. The van der Waals surface area contributed by atoms with Crippen molar-refractivity contribution in [3.05, 3.63) is 0 Å². The first-order chi connectivity index (χ1) is 10.5. The Kier molecular flexibility index (Phi) is 6.96. The van der Waals surface area contributed by atoms with Gasteiger partial charge >= 0.3 is 6.18 Å². The van der Waals surface area contributed by atoms with Crippen molar-refractivity contribution >= 4 is 0 Å². The summed E-state index contributed by atoms with van der Waals surface area (Å²) < 4.78 is 43.4. The number of halogens is 3. The summed E-state index contributed by atoms with van der Waals surface area (Å²) in [5.74, 6) is -0.654. The fourth-order valence-electron chi connectivity index (χ4n) is 3.52. The molecule has 130 valence electrons. The maximum absolute atomic E-state index is 12.5. The van der Waals surface area contributed by atoms with Crippen molar-refractivity contribution in [2.75, 3.05) is 26.2 Å². The van der Waals surface area contributed by atoms with Gasteiger partial charge in [0, 0.05) is 6.54 Å². The third-order valence-corrected chi connectivity index (χ3v) is 4.98. The maximum Gasteiger partial charge on any atom is 0.414 e. The average Bonchev–Trinajstić information content (AvgIpc) is 2.75. The highest BCUT2D eigenvalue weighted by molar-refractivity contribution is 4.81. The van der Waals surface area contributed by atoms with E-state index < -0.39 is 18.2 Å². The molecule has 1 N–H and O–H groups in total. The van der Waals surface area contributed by atoms with E-state index in [2.05, 4.69) is 4.90 Å². The van der Waals surface area contributed by atoms with Gasteiger partial charge in [0.25, 0.3) is 0 Å². The zero-order chi connectivity index (χ0) is 16.0. The standard InChI is InChI=1S/C16H28F3NO2/c17-16(18,19)15(21)13-7-9-20(10-8-13)11-12-22-14-5-3-1-2-4-6-14/h13-15,21H,1-12H2. The van der Waals surface area contributed by atoms with Crippen molar-refractivity contribution in [2.24, 2.45) is 5.92 Å². The Hall–Kier alpha value is -0.330. The second-order valence-electron chi connectivity index (χ2n) is 6.65. The van der Waals surface area contributed by atoms with Gasteiger partial charge in [0.1, 0.15) is 0 Å². The Balaban J connectivity index is 1.61. The molecule has 0 aromatic heterocycles. The summed E-state index contributed by atoms with van der Waals surface area (Å²) in [5, 5.41) is 9.30. The fraction of sp³-hybridized carbons (Fsp3) is 1.00. The van der Waals surface area contributed by atoms with E-state index in [1.54, 1.807) is 0 Å². The van der Waals surface area contributed by atoms with Gasteiger partial charge in [-0.25, -0.2) is 0 Å². The summed E-state index contributed by atoms with van der Waals surface area (Å²) >= 11 is 0. The van der Waals surface area contributed by atoms with E-state index in [0.717, 1.165) is 19.4 Å². The van der Waals surface area contributed by atoms with E-state index in [0.29, 0.717) is 38.6 Å². The molecule has 1 atom stereocenters. The number of likely N-dealkylation sites (tertiary alicyclic amines) is 1. The Morgan fingerprint density at radius 2 is 1.59 bits per heavy atom. The van der Waals surface area contributed by atoms with Gasteiger partial charge in [-0.05, 0) is 44.7 Å². The van der Waals surface area contributed by atoms with E-state index in [9.17, 15) is 18.3 Å². The Labute approximate surface area is 130 Å². The van der Waals surface area contributed by atoms with Gasteiger partial charge in [0.15, 0.2) is 6.10 Å². The van der Waals surface area contributed by atoms with Crippen LogP contribution in [-0.2, 0) is 4.74 Å². The second kappa shape index (κ2) is 8.50. The Morgan fingerprint density at radius 3 is 2.14 bits per heavy atom. The molecule has 0 bridgehead atoms. The SMILES string of the molecule is OC(C1CCN(CCOC2CCCCCC2)CC1)C(F)(F)F. The predicted molar refractivity (Wildman–Crippen MR) is 78.7 cm³/mol. The second-order valence-corrected chi connectivity index (χ2v) is 6.65. The molecule has 1 heterocycles. The summed E-state index contributed by atoms with van der Waals surface area (Å²) in [7, 11) is 0. The van der Waals surface area contributed by atoms with Crippen LogP contribution in [0.25, 0.3) is 0 Å². The summed E-state index contributed by atoms with van der Waals surface area (Å²) in [6.45, 7) is 2.68. The molecule has 1 aliphatic heterocycles. The number of aliphatic hydroxyl groups excluding tert-OH is 1. The van der Waals surface area contributed by atoms with Gasteiger partial charge in [0.05, 0.1) is 12.7 Å². The highest BCUT2D eigenvalue weighted by Crippen LogP contribution is 2.31. The highest BCUT2D eigenvalue weighted by Gasteiger charge is 2.44. The molecule has 0 radical (unpaired) electrons. The first kappa shape index (κ1) is 18.0. The van der Waals surface area contributed by atoms with Crippen LogP contribution in [-0.4, -0.2) is 54.6 Å². The minimum absolute atomic E-state index is 0.368. The average molecular weight is 323 g/mol. The normalized spacial score (nSPS) is 25.1. The number of hydrogen-bond donors (Lipinski definition) is 1. The number of alkyl halides is 3. The number of aliphatic hydroxyl groups is 1. The van der Waals surface area contributed by atoms with Gasteiger partial charge in [-0.15, -0.1) is 0 Å². The molecule has 22 heavy (non-hydrogen) atoms. The van der Waals surface area contributed by atoms with Crippen LogP contribution in [0.15, 0.2) is 0 Å². The topological polar surface area (TPSA) is 32.7 Å². The molecule has 1 saturated heterocycles. The lowest BCUT2D eigenvalue weighted by Crippen LogP contribution is -2.44. The summed E-state index contributed by atoms with van der Waals surface area (Å²) in [5.41, 5.74) is 0. The van der Waals surface area contributed by atoms with Crippen molar-refractivity contribution in [1.29, 1.82) is 0 Å². The summed E-state index contributed by atoms with van der Waals surface area (Å²) in [6.07, 6.45) is 1.88. The molecule has 1 saturated carbocycles. The van der Waals surface area contributed by atoms with Crippen LogP contribution >= 0.6 is 0 Å². The smallest absolute Gasteiger partial charge is 0.383 e. The molecular formula is C16H28F3NO2. The Bertz CT molecular complexity index is 309. The van der Waals surface area contributed by atoms with Crippen molar-refractivity contribution in [3.8, 4) is 0 Å². The molecule has 1 aliphatic carbocycles. The number of hydrogen-bond acceptors (Lipinski definition) is 3. The van der Waals surface area contributed by atoms with Gasteiger partial charge < -0.3 is 14.7 Å². The lowest BCUT2D eigenvalue weighted by atomic mass is 9.91. The van der Waals surface area contributed by atoms with E-state index in [-0.39, 0.29) is 0 Å². The van der Waals surface area contributed by atoms with Crippen LogP contribution in [0.2, 0.25) is 0 Å². The molecule has 3 nitrogen and oxygen atoms in total. The van der Waals surface area contributed by atoms with Crippen LogP contribution < -0.4 is 0 Å². The quantitative estimate of drug-likeness (QED) is 0.788. The number of ether oxygens (including phenoxy) is 1. The van der Waals surface area contributed by atoms with E-state index >= 15 is 0 Å². The Morgan fingerprint density at radius 1 is 1.00 bits per heavy atom. The van der Waals surface area contributed by atoms with Gasteiger partial charge in [0.2, 0.25) is 0 Å². The lowest BCUT2D eigenvalue weighted by molar-refractivity contribution is -0.223. The van der Waals surface area contributed by atoms with Crippen LogP contribution in [0.5, 0.6) is 0 Å². The third kappa shape index (κ3) is 5.70. The first-order valence-corrected chi connectivity index (χ1v) is 8.55. The molecular weight excluding hydrogens is 295 g/mol. The molecule has 0 spiro atoms. The van der Waals surface area contributed by atoms with E-state index in [1.165, 1.54) is 25.7 Å². The van der Waals surface area contributed by atoms with E-state index in [1.807, 2.05) is 0 Å². The molecule has 0 aromatic carbocycles. The number of piperidine rings is 1. The minimum Gasteiger partial charge on any atom is -0.383 e. The molecule has 0 amide bonds. The van der Waals surface area contributed by atoms with Crippen molar-refractivity contribution in [1.82, 2.24) is 4.90 Å². The van der Waals surface area contributed by atoms with Crippen LogP contribution in [0, 0.1) is 5.92 Å². The molecule has 1 unspecified atom stereocenters. The number of rotatable bonds is 5. The number of nitrogens with zero attached hydrogens (tertiary/aromatic N) is 1. The highest BCUT2D eigenvalue weighted by atomic mass is 19.4. The first-order valence-electron chi connectivity index (χ1n) is 8.55.